The molecule has 0 unspecified atom stereocenters. The summed E-state index contributed by atoms with van der Waals surface area (Å²) >= 11 is 0. The molecule has 6 rings (SSSR count). The monoisotopic (exact) mass is 437 g/mol. The standard InChI is InChI=1S/C27H27N5O/c1-17-24(25-29-21-15-9-10-16-22(21)31(25)20-13-7-4-8-14-20)27(33)32-26(28-17)23(18(2)30-32)19-11-5-3-6-12-19/h3,5-6,9-12,15-16,20,30H,4,7-8,13-14H2,1-2H3. The number of fused-ring (bicyclic) bond motifs is 2. The zero-order valence-electron chi connectivity index (χ0n) is 19.0. The highest BCUT2D eigenvalue weighted by Gasteiger charge is 2.26. The largest absolute Gasteiger partial charge is 0.321 e. The Balaban J connectivity index is 1.63. The number of aryl methyl sites for hydroxylation is 2. The van der Waals surface area contributed by atoms with Crippen molar-refractivity contribution in [2.24, 2.45) is 0 Å². The number of nitrogens with zero attached hydrogens (tertiary/aromatic N) is 4. The maximum atomic E-state index is 13.9. The minimum Gasteiger partial charge on any atom is -0.321 e. The Hall–Kier alpha value is -3.67. The summed E-state index contributed by atoms with van der Waals surface area (Å²) in [5, 5.41) is 3.27. The molecule has 1 aliphatic rings. The number of imidazole rings is 1. The lowest BCUT2D eigenvalue weighted by molar-refractivity contribution is 0.362. The Morgan fingerprint density at radius 2 is 1.61 bits per heavy atom. The molecule has 6 heteroatoms. The van der Waals surface area contributed by atoms with Crippen molar-refractivity contribution < 1.29 is 0 Å². The normalized spacial score (nSPS) is 15.0. The number of benzene rings is 2. The summed E-state index contributed by atoms with van der Waals surface area (Å²) < 4.78 is 3.89. The van der Waals surface area contributed by atoms with Crippen LogP contribution in [0.25, 0.3) is 39.2 Å². The van der Waals surface area contributed by atoms with Gasteiger partial charge in [-0.3, -0.25) is 9.89 Å². The summed E-state index contributed by atoms with van der Waals surface area (Å²) in [7, 11) is 0. The zero-order chi connectivity index (χ0) is 22.5. The lowest BCUT2D eigenvalue weighted by Crippen LogP contribution is -2.22. The van der Waals surface area contributed by atoms with Crippen molar-refractivity contribution in [3.63, 3.8) is 0 Å². The summed E-state index contributed by atoms with van der Waals surface area (Å²) in [6.45, 7) is 3.92. The predicted octanol–water partition coefficient (Wildman–Crippen LogP) is 5.83. The van der Waals surface area contributed by atoms with Gasteiger partial charge in [0.1, 0.15) is 11.4 Å². The van der Waals surface area contributed by atoms with Crippen molar-refractivity contribution in [2.75, 3.05) is 0 Å². The first kappa shape index (κ1) is 20.0. The number of para-hydroxylation sites is 2. The molecule has 1 N–H and O–H groups in total. The van der Waals surface area contributed by atoms with Crippen LogP contribution >= 0.6 is 0 Å². The fourth-order valence-electron chi connectivity index (χ4n) is 5.43. The van der Waals surface area contributed by atoms with E-state index in [1.807, 2.05) is 56.3 Å². The molecule has 0 spiro atoms. The Morgan fingerprint density at radius 1 is 0.879 bits per heavy atom. The van der Waals surface area contributed by atoms with Gasteiger partial charge in [0.25, 0.3) is 5.56 Å². The quantitative estimate of drug-likeness (QED) is 0.386. The van der Waals surface area contributed by atoms with E-state index in [1.165, 1.54) is 19.3 Å². The molecule has 0 atom stereocenters. The number of rotatable bonds is 3. The van der Waals surface area contributed by atoms with Crippen LogP contribution in [0.1, 0.15) is 49.5 Å². The summed E-state index contributed by atoms with van der Waals surface area (Å²) in [4.78, 5) is 23.8. The van der Waals surface area contributed by atoms with Crippen LogP contribution in [-0.2, 0) is 0 Å². The second-order valence-electron chi connectivity index (χ2n) is 9.10. The number of hydrogen-bond donors (Lipinski definition) is 1. The van der Waals surface area contributed by atoms with Gasteiger partial charge in [-0.15, -0.1) is 0 Å². The maximum absolute atomic E-state index is 13.9. The Kier molecular flexibility index (Phi) is 4.68. The second-order valence-corrected chi connectivity index (χ2v) is 9.10. The predicted molar refractivity (Wildman–Crippen MR) is 132 cm³/mol. The molecule has 0 aliphatic heterocycles. The molecule has 6 nitrogen and oxygen atoms in total. The van der Waals surface area contributed by atoms with Crippen LogP contribution in [-0.4, -0.2) is 24.1 Å². The van der Waals surface area contributed by atoms with E-state index in [9.17, 15) is 4.79 Å². The van der Waals surface area contributed by atoms with Crippen LogP contribution in [0.5, 0.6) is 0 Å². The molecule has 3 aromatic heterocycles. The van der Waals surface area contributed by atoms with Gasteiger partial charge >= 0.3 is 0 Å². The van der Waals surface area contributed by atoms with E-state index in [2.05, 4.69) is 21.8 Å². The van der Waals surface area contributed by atoms with Crippen LogP contribution in [0.2, 0.25) is 0 Å². The van der Waals surface area contributed by atoms with E-state index in [4.69, 9.17) is 9.97 Å². The Labute approximate surface area is 191 Å². The minimum atomic E-state index is -0.102. The van der Waals surface area contributed by atoms with Crippen molar-refractivity contribution in [3.05, 3.63) is 76.3 Å². The highest BCUT2D eigenvalue weighted by Crippen LogP contribution is 2.36. The maximum Gasteiger partial charge on any atom is 0.284 e. The van der Waals surface area contributed by atoms with Crippen LogP contribution in [0.15, 0.2) is 59.4 Å². The Morgan fingerprint density at radius 3 is 2.39 bits per heavy atom. The SMILES string of the molecule is Cc1nc2c(-c3ccccc3)c(C)[nH]n2c(=O)c1-c1nc2ccccc2n1C1CCCCC1. The van der Waals surface area contributed by atoms with Gasteiger partial charge in [0.15, 0.2) is 5.65 Å². The van der Waals surface area contributed by atoms with Crippen molar-refractivity contribution in [1.29, 1.82) is 0 Å². The summed E-state index contributed by atoms with van der Waals surface area (Å²) in [6, 6.07) is 18.7. The van der Waals surface area contributed by atoms with Crippen molar-refractivity contribution >= 4 is 16.7 Å². The van der Waals surface area contributed by atoms with Crippen LogP contribution in [0, 0.1) is 13.8 Å². The van der Waals surface area contributed by atoms with Crippen molar-refractivity contribution in [3.8, 4) is 22.5 Å². The number of aromatic nitrogens is 5. The molecule has 1 aliphatic carbocycles. The van der Waals surface area contributed by atoms with E-state index in [1.54, 1.807) is 4.52 Å². The summed E-state index contributed by atoms with van der Waals surface area (Å²) in [5.74, 6) is 0.737. The van der Waals surface area contributed by atoms with E-state index < -0.39 is 0 Å². The third-order valence-electron chi connectivity index (χ3n) is 6.96. The molecule has 0 saturated heterocycles. The molecule has 1 fully saturated rings. The van der Waals surface area contributed by atoms with Crippen molar-refractivity contribution in [2.45, 2.75) is 52.0 Å². The lowest BCUT2D eigenvalue weighted by atomic mass is 9.95. The second kappa shape index (κ2) is 7.73. The van der Waals surface area contributed by atoms with E-state index in [0.717, 1.165) is 46.5 Å². The van der Waals surface area contributed by atoms with Gasteiger partial charge < -0.3 is 4.57 Å². The molecule has 2 aromatic carbocycles. The highest BCUT2D eigenvalue weighted by molar-refractivity contribution is 5.83. The van der Waals surface area contributed by atoms with Crippen LogP contribution in [0.4, 0.5) is 0 Å². The highest BCUT2D eigenvalue weighted by atomic mass is 16.1. The first-order chi connectivity index (χ1) is 16.1. The first-order valence-electron chi connectivity index (χ1n) is 11.8. The molecular formula is C27H27N5O. The van der Waals surface area contributed by atoms with Gasteiger partial charge in [-0.25, -0.2) is 14.5 Å². The van der Waals surface area contributed by atoms with Gasteiger partial charge in [0.2, 0.25) is 0 Å². The van der Waals surface area contributed by atoms with E-state index in [-0.39, 0.29) is 5.56 Å². The summed E-state index contributed by atoms with van der Waals surface area (Å²) in [6.07, 6.45) is 5.92. The molecule has 33 heavy (non-hydrogen) atoms. The fourth-order valence-corrected chi connectivity index (χ4v) is 5.43. The molecule has 0 bridgehead atoms. The van der Waals surface area contributed by atoms with Gasteiger partial charge in [-0.05, 0) is 44.4 Å². The number of aromatic amines is 1. The molecule has 0 radical (unpaired) electrons. The molecular weight excluding hydrogens is 410 g/mol. The van der Waals surface area contributed by atoms with Gasteiger partial charge in [-0.2, -0.15) is 0 Å². The molecule has 3 heterocycles. The first-order valence-corrected chi connectivity index (χ1v) is 11.8. The van der Waals surface area contributed by atoms with Crippen LogP contribution < -0.4 is 5.56 Å². The Bertz CT molecular complexity index is 1530. The summed E-state index contributed by atoms with van der Waals surface area (Å²) in [5.41, 5.74) is 6.79. The van der Waals surface area contributed by atoms with Crippen molar-refractivity contribution in [1.82, 2.24) is 24.1 Å². The lowest BCUT2D eigenvalue weighted by Gasteiger charge is -2.25. The minimum absolute atomic E-state index is 0.102. The third kappa shape index (κ3) is 3.12. The molecule has 166 valence electrons. The number of H-pyrrole nitrogens is 1. The van der Waals surface area contributed by atoms with Gasteiger partial charge in [0, 0.05) is 17.3 Å². The fraction of sp³-hybridized carbons (Fsp3) is 0.296. The zero-order valence-corrected chi connectivity index (χ0v) is 19.0. The molecule has 0 amide bonds. The topological polar surface area (TPSA) is 68.0 Å². The number of hydrogen-bond acceptors (Lipinski definition) is 3. The smallest absolute Gasteiger partial charge is 0.284 e. The van der Waals surface area contributed by atoms with Gasteiger partial charge in [-0.1, -0.05) is 61.7 Å². The van der Waals surface area contributed by atoms with Crippen LogP contribution in [0.3, 0.4) is 0 Å². The average molecular weight is 438 g/mol. The third-order valence-corrected chi connectivity index (χ3v) is 6.96. The molecule has 1 saturated carbocycles. The number of nitrogens with one attached hydrogen (secondary N) is 1. The van der Waals surface area contributed by atoms with E-state index >= 15 is 0 Å². The average Bonchev–Trinajstić information content (AvgIpc) is 3.37. The van der Waals surface area contributed by atoms with Gasteiger partial charge in [0.05, 0.1) is 16.7 Å². The molecule has 5 aromatic rings. The van der Waals surface area contributed by atoms with E-state index in [0.29, 0.717) is 22.9 Å².